The van der Waals surface area contributed by atoms with Gasteiger partial charge in [-0.25, -0.2) is 9.37 Å². The lowest BCUT2D eigenvalue weighted by Crippen LogP contribution is -2.44. The summed E-state index contributed by atoms with van der Waals surface area (Å²) in [4.78, 5) is 35.1. The number of ether oxygens (including phenoxy) is 1. The minimum Gasteiger partial charge on any atom is -0.480 e. The zero-order chi connectivity index (χ0) is 23.2. The summed E-state index contributed by atoms with van der Waals surface area (Å²) in [6.07, 6.45) is 3.72. The topological polar surface area (TPSA) is 101 Å². The Bertz CT molecular complexity index is 1350. The summed E-state index contributed by atoms with van der Waals surface area (Å²) >= 11 is 0. The van der Waals surface area contributed by atoms with Crippen molar-refractivity contribution in [3.05, 3.63) is 57.9 Å². The van der Waals surface area contributed by atoms with Crippen LogP contribution in [0.5, 0.6) is 5.75 Å². The number of carbonyl (C=O) groups excluding carboxylic acids is 1. The van der Waals surface area contributed by atoms with Crippen LogP contribution in [0.15, 0.2) is 35.3 Å². The predicted octanol–water partition coefficient (Wildman–Crippen LogP) is 2.46. The molecule has 0 bridgehead atoms. The summed E-state index contributed by atoms with van der Waals surface area (Å²) in [5.74, 6) is 0.538. The Labute approximate surface area is 219 Å². The fraction of sp³-hybridized carbons (Fsp3) is 0.417. The number of pyridine rings is 3. The molecule has 1 fully saturated rings. The third-order valence-electron chi connectivity index (χ3n) is 6.96. The first-order valence-corrected chi connectivity index (χ1v) is 11.6. The first-order valence-electron chi connectivity index (χ1n) is 11.6. The lowest BCUT2D eigenvalue weighted by Gasteiger charge is -2.34. The standard InChI is InChI=1S/C24H25FN6O3.2ClH/c25-18-11-27-19-2-4-22(33)31-16(9-17(18)23(19)31)12-30-7-5-14(6-8-30)26-10-15-1-3-20-24(28-15)29-21(32)13-34-20;;/h1-4,11,14,16,26H,5-10,12-13H2,(H,28,29,32);2*1H. The second-order valence-electron chi connectivity index (χ2n) is 9.16. The number of piperidine rings is 1. The van der Waals surface area contributed by atoms with E-state index in [2.05, 4.69) is 25.5 Å². The predicted molar refractivity (Wildman–Crippen MR) is 138 cm³/mol. The van der Waals surface area contributed by atoms with E-state index in [0.717, 1.165) is 31.6 Å². The molecular formula is C24H27Cl2FN6O3. The molecule has 3 aliphatic heterocycles. The quantitative estimate of drug-likeness (QED) is 0.516. The highest BCUT2D eigenvalue weighted by molar-refractivity contribution is 5.94. The number of amides is 1. The van der Waals surface area contributed by atoms with Gasteiger partial charge in [-0.15, -0.1) is 24.8 Å². The third kappa shape index (κ3) is 4.90. The number of halogens is 3. The normalized spacial score (nSPS) is 19.1. The maximum Gasteiger partial charge on any atom is 0.263 e. The lowest BCUT2D eigenvalue weighted by atomic mass is 10.0. The second-order valence-corrected chi connectivity index (χ2v) is 9.16. The molecule has 0 aliphatic carbocycles. The average molecular weight is 537 g/mol. The third-order valence-corrected chi connectivity index (χ3v) is 6.96. The Kier molecular flexibility index (Phi) is 7.79. The Balaban J connectivity index is 0.00000152. The number of aromatic nitrogens is 3. The molecule has 0 aromatic carbocycles. The van der Waals surface area contributed by atoms with E-state index >= 15 is 0 Å². The van der Waals surface area contributed by atoms with Crippen LogP contribution < -0.4 is 20.9 Å². The second kappa shape index (κ2) is 10.7. The number of rotatable bonds is 5. The van der Waals surface area contributed by atoms with Crippen LogP contribution in [0, 0.1) is 5.82 Å². The molecular weight excluding hydrogens is 510 g/mol. The SMILES string of the molecule is Cl.Cl.O=C1COc2ccc(CNC3CCN(CC4Cc5c(F)cnc6ccc(=O)n4c56)CC3)nc2N1. The number of hydrogen-bond acceptors (Lipinski definition) is 7. The Morgan fingerprint density at radius 1 is 1.14 bits per heavy atom. The van der Waals surface area contributed by atoms with Crippen LogP contribution in [-0.4, -0.2) is 57.6 Å². The zero-order valence-electron chi connectivity index (χ0n) is 19.4. The highest BCUT2D eigenvalue weighted by Gasteiger charge is 2.31. The summed E-state index contributed by atoms with van der Waals surface area (Å²) in [5, 5.41) is 6.30. The average Bonchev–Trinajstić information content (AvgIpc) is 3.23. The van der Waals surface area contributed by atoms with Crippen LogP contribution in [0.4, 0.5) is 10.2 Å². The van der Waals surface area contributed by atoms with E-state index in [1.54, 1.807) is 10.6 Å². The molecule has 36 heavy (non-hydrogen) atoms. The minimum atomic E-state index is -0.334. The molecule has 3 aromatic rings. The first kappa shape index (κ1) is 26.3. The van der Waals surface area contributed by atoms with Gasteiger partial charge in [0.1, 0.15) is 5.82 Å². The molecule has 192 valence electrons. The summed E-state index contributed by atoms with van der Waals surface area (Å²) in [6, 6.07) is 7.22. The van der Waals surface area contributed by atoms with Gasteiger partial charge < -0.3 is 24.8 Å². The molecule has 6 rings (SSSR count). The van der Waals surface area contributed by atoms with Gasteiger partial charge in [0.2, 0.25) is 0 Å². The number of nitrogens with one attached hydrogen (secondary N) is 2. The van der Waals surface area contributed by atoms with Crippen molar-refractivity contribution >= 4 is 47.6 Å². The molecule has 0 radical (unpaired) electrons. The molecule has 1 saturated heterocycles. The van der Waals surface area contributed by atoms with E-state index in [-0.39, 0.29) is 54.7 Å². The van der Waals surface area contributed by atoms with E-state index < -0.39 is 0 Å². The summed E-state index contributed by atoms with van der Waals surface area (Å²) in [6.45, 7) is 3.14. The molecule has 9 nitrogen and oxygen atoms in total. The number of fused-ring (bicyclic) bond motifs is 1. The number of carbonyl (C=O) groups is 1. The molecule has 0 spiro atoms. The van der Waals surface area contributed by atoms with E-state index in [1.807, 2.05) is 12.1 Å². The fourth-order valence-corrected chi connectivity index (χ4v) is 5.26. The fourth-order valence-electron chi connectivity index (χ4n) is 5.26. The van der Waals surface area contributed by atoms with Crippen molar-refractivity contribution in [1.29, 1.82) is 0 Å². The van der Waals surface area contributed by atoms with Gasteiger partial charge in [-0.05, 0) is 50.6 Å². The molecule has 3 aromatic heterocycles. The number of nitrogens with zero attached hydrogens (tertiary/aromatic N) is 4. The van der Waals surface area contributed by atoms with E-state index in [0.29, 0.717) is 53.7 Å². The van der Waals surface area contributed by atoms with Crippen LogP contribution in [0.25, 0.3) is 11.0 Å². The molecule has 1 unspecified atom stereocenters. The lowest BCUT2D eigenvalue weighted by molar-refractivity contribution is -0.118. The van der Waals surface area contributed by atoms with Crippen LogP contribution in [0.1, 0.15) is 30.1 Å². The van der Waals surface area contributed by atoms with Gasteiger partial charge in [-0.1, -0.05) is 0 Å². The van der Waals surface area contributed by atoms with E-state index in [1.165, 1.54) is 12.3 Å². The van der Waals surface area contributed by atoms with Gasteiger partial charge in [0, 0.05) is 30.8 Å². The smallest absolute Gasteiger partial charge is 0.263 e. The summed E-state index contributed by atoms with van der Waals surface area (Å²) in [7, 11) is 0. The van der Waals surface area contributed by atoms with Gasteiger partial charge in [0.15, 0.2) is 18.2 Å². The zero-order valence-corrected chi connectivity index (χ0v) is 21.0. The highest BCUT2D eigenvalue weighted by Crippen LogP contribution is 2.32. The molecule has 1 amide bonds. The highest BCUT2D eigenvalue weighted by atomic mass is 35.5. The van der Waals surface area contributed by atoms with Crippen LogP contribution in [0.3, 0.4) is 0 Å². The van der Waals surface area contributed by atoms with Crippen molar-refractivity contribution in [2.75, 3.05) is 31.6 Å². The minimum absolute atomic E-state index is 0. The Morgan fingerprint density at radius 2 is 1.94 bits per heavy atom. The van der Waals surface area contributed by atoms with Gasteiger partial charge in [-0.3, -0.25) is 14.6 Å². The van der Waals surface area contributed by atoms with Crippen molar-refractivity contribution in [1.82, 2.24) is 24.8 Å². The van der Waals surface area contributed by atoms with Crippen molar-refractivity contribution in [2.24, 2.45) is 0 Å². The Hall–Kier alpha value is -2.79. The van der Waals surface area contributed by atoms with Crippen molar-refractivity contribution in [3.8, 4) is 5.75 Å². The van der Waals surface area contributed by atoms with Crippen LogP contribution in [-0.2, 0) is 17.8 Å². The maximum absolute atomic E-state index is 14.4. The maximum atomic E-state index is 14.4. The first-order chi connectivity index (χ1) is 16.5. The van der Waals surface area contributed by atoms with Crippen molar-refractivity contribution in [2.45, 2.75) is 37.9 Å². The van der Waals surface area contributed by atoms with Crippen molar-refractivity contribution in [3.63, 3.8) is 0 Å². The Morgan fingerprint density at radius 3 is 2.75 bits per heavy atom. The molecule has 2 N–H and O–H groups in total. The molecule has 3 aliphatic rings. The molecule has 0 saturated carbocycles. The number of hydrogen-bond donors (Lipinski definition) is 2. The van der Waals surface area contributed by atoms with Gasteiger partial charge in [0.05, 0.1) is 29.0 Å². The molecule has 1 atom stereocenters. The van der Waals surface area contributed by atoms with Gasteiger partial charge in [-0.2, -0.15) is 0 Å². The summed E-state index contributed by atoms with van der Waals surface area (Å²) < 4.78 is 21.5. The van der Waals surface area contributed by atoms with Gasteiger partial charge >= 0.3 is 0 Å². The van der Waals surface area contributed by atoms with E-state index in [9.17, 15) is 14.0 Å². The molecule has 12 heteroatoms. The largest absolute Gasteiger partial charge is 0.480 e. The van der Waals surface area contributed by atoms with Gasteiger partial charge in [0.25, 0.3) is 11.5 Å². The number of anilines is 1. The van der Waals surface area contributed by atoms with Crippen molar-refractivity contribution < 1.29 is 13.9 Å². The van der Waals surface area contributed by atoms with E-state index in [4.69, 9.17) is 4.74 Å². The monoisotopic (exact) mass is 536 g/mol. The summed E-state index contributed by atoms with van der Waals surface area (Å²) in [5.41, 5.74) is 2.66. The van der Waals surface area contributed by atoms with Crippen LogP contribution in [0.2, 0.25) is 0 Å². The van der Waals surface area contributed by atoms with Crippen LogP contribution >= 0.6 is 24.8 Å². The number of likely N-dealkylation sites (tertiary alicyclic amines) is 1. The molecule has 6 heterocycles.